The Labute approximate surface area is 156 Å². The van der Waals surface area contributed by atoms with E-state index in [0.29, 0.717) is 17.3 Å². The molecule has 1 heterocycles. The highest BCUT2D eigenvalue weighted by Crippen LogP contribution is 2.34. The van der Waals surface area contributed by atoms with Crippen molar-refractivity contribution in [3.8, 4) is 0 Å². The fourth-order valence-electron chi connectivity index (χ4n) is 2.76. The molecule has 1 N–H and O–H groups in total. The summed E-state index contributed by atoms with van der Waals surface area (Å²) in [5.41, 5.74) is 1.89. The molecule has 25 heavy (non-hydrogen) atoms. The summed E-state index contributed by atoms with van der Waals surface area (Å²) < 4.78 is 0. The predicted octanol–water partition coefficient (Wildman–Crippen LogP) is 4.05. The number of carbonyl (C=O) groups excluding carboxylic acids is 2. The van der Waals surface area contributed by atoms with Gasteiger partial charge in [-0.1, -0.05) is 35.9 Å². The number of nitrogens with one attached hydrogen (secondary N) is 1. The Kier molecular flexibility index (Phi) is 5.66. The van der Waals surface area contributed by atoms with Gasteiger partial charge in [0.2, 0.25) is 11.8 Å². The Balaban J connectivity index is 1.59. The van der Waals surface area contributed by atoms with Gasteiger partial charge in [-0.15, -0.1) is 11.8 Å². The molecule has 6 heteroatoms. The molecule has 2 amide bonds. The highest BCUT2D eigenvalue weighted by molar-refractivity contribution is 8.00. The third kappa shape index (κ3) is 4.35. The molecule has 4 nitrogen and oxygen atoms in total. The molecule has 0 aromatic heterocycles. The number of carbonyl (C=O) groups is 2. The minimum absolute atomic E-state index is 0.0437. The Hall–Kier alpha value is -1.98. The predicted molar refractivity (Wildman–Crippen MR) is 102 cm³/mol. The van der Waals surface area contributed by atoms with E-state index < -0.39 is 0 Å². The number of nitrogens with zero attached hydrogens (tertiary/aromatic N) is 1. The Morgan fingerprint density at radius 3 is 2.72 bits per heavy atom. The van der Waals surface area contributed by atoms with Crippen molar-refractivity contribution in [3.63, 3.8) is 0 Å². The summed E-state index contributed by atoms with van der Waals surface area (Å²) in [6, 6.07) is 15.1. The Morgan fingerprint density at radius 2 is 1.96 bits per heavy atom. The molecule has 0 bridgehead atoms. The van der Waals surface area contributed by atoms with Gasteiger partial charge in [-0.2, -0.15) is 0 Å². The first-order valence-electron chi connectivity index (χ1n) is 8.11. The normalized spacial score (nSPS) is 14.8. The summed E-state index contributed by atoms with van der Waals surface area (Å²) in [6.07, 6.45) is 0.267. The van der Waals surface area contributed by atoms with Gasteiger partial charge in [-0.05, 0) is 36.8 Å². The Bertz CT molecular complexity index is 779. The second-order valence-electron chi connectivity index (χ2n) is 5.89. The van der Waals surface area contributed by atoms with Crippen LogP contribution in [0.2, 0.25) is 5.02 Å². The van der Waals surface area contributed by atoms with E-state index in [4.69, 9.17) is 11.6 Å². The molecule has 1 aliphatic rings. The first-order chi connectivity index (χ1) is 12.0. The second kappa shape index (κ2) is 7.93. The van der Waals surface area contributed by atoms with Gasteiger partial charge >= 0.3 is 0 Å². The summed E-state index contributed by atoms with van der Waals surface area (Å²) >= 11 is 7.43. The van der Waals surface area contributed by atoms with Crippen LogP contribution in [-0.2, 0) is 9.59 Å². The molecule has 130 valence electrons. The SMILES string of the molecule is C[C@@H](NC(=O)CCN1C(=O)CSc2ccccc21)c1ccc(Cl)cc1. The molecule has 0 unspecified atom stereocenters. The topological polar surface area (TPSA) is 49.4 Å². The molecule has 3 rings (SSSR count). The van der Waals surface area contributed by atoms with Gasteiger partial charge in [-0.25, -0.2) is 0 Å². The summed E-state index contributed by atoms with van der Waals surface area (Å²) in [5, 5.41) is 3.64. The highest BCUT2D eigenvalue weighted by Gasteiger charge is 2.24. The maximum absolute atomic E-state index is 12.3. The van der Waals surface area contributed by atoms with Gasteiger partial charge in [0.15, 0.2) is 0 Å². The number of hydrogen-bond donors (Lipinski definition) is 1. The van der Waals surface area contributed by atoms with Crippen molar-refractivity contribution < 1.29 is 9.59 Å². The van der Waals surface area contributed by atoms with E-state index in [2.05, 4.69) is 5.32 Å². The fourth-order valence-corrected chi connectivity index (χ4v) is 3.82. The average Bonchev–Trinajstić information content (AvgIpc) is 2.61. The molecule has 2 aromatic rings. The minimum Gasteiger partial charge on any atom is -0.350 e. The van der Waals surface area contributed by atoms with Crippen LogP contribution in [0.4, 0.5) is 5.69 Å². The number of hydrogen-bond acceptors (Lipinski definition) is 3. The average molecular weight is 375 g/mol. The van der Waals surface area contributed by atoms with Crippen LogP contribution in [0, 0.1) is 0 Å². The second-order valence-corrected chi connectivity index (χ2v) is 7.35. The van der Waals surface area contributed by atoms with Crippen molar-refractivity contribution in [2.75, 3.05) is 17.2 Å². The van der Waals surface area contributed by atoms with Crippen molar-refractivity contribution in [1.82, 2.24) is 5.32 Å². The monoisotopic (exact) mass is 374 g/mol. The number of thioether (sulfide) groups is 1. The van der Waals surface area contributed by atoms with E-state index in [-0.39, 0.29) is 24.3 Å². The van der Waals surface area contributed by atoms with Gasteiger partial charge in [0.05, 0.1) is 17.5 Å². The lowest BCUT2D eigenvalue weighted by molar-refractivity contribution is -0.121. The number of amides is 2. The lowest BCUT2D eigenvalue weighted by Crippen LogP contribution is -2.38. The molecule has 0 aliphatic carbocycles. The number of benzene rings is 2. The third-order valence-electron chi connectivity index (χ3n) is 4.12. The third-order valence-corrected chi connectivity index (χ3v) is 5.42. The van der Waals surface area contributed by atoms with Crippen LogP contribution in [-0.4, -0.2) is 24.1 Å². The van der Waals surface area contributed by atoms with Crippen molar-refractivity contribution in [1.29, 1.82) is 0 Å². The maximum Gasteiger partial charge on any atom is 0.237 e. The van der Waals surface area contributed by atoms with Crippen LogP contribution in [0.5, 0.6) is 0 Å². The number of para-hydroxylation sites is 1. The summed E-state index contributed by atoms with van der Waals surface area (Å²) in [6.45, 7) is 2.31. The smallest absolute Gasteiger partial charge is 0.237 e. The Morgan fingerprint density at radius 1 is 1.24 bits per heavy atom. The van der Waals surface area contributed by atoms with Crippen molar-refractivity contribution in [2.45, 2.75) is 24.3 Å². The van der Waals surface area contributed by atoms with Crippen molar-refractivity contribution >= 4 is 40.9 Å². The molecule has 0 radical (unpaired) electrons. The molecule has 1 aliphatic heterocycles. The van der Waals surface area contributed by atoms with Crippen LogP contribution in [0.1, 0.15) is 24.9 Å². The quantitative estimate of drug-likeness (QED) is 0.859. The van der Waals surface area contributed by atoms with E-state index in [9.17, 15) is 9.59 Å². The first-order valence-corrected chi connectivity index (χ1v) is 9.48. The van der Waals surface area contributed by atoms with Crippen LogP contribution in [0.25, 0.3) is 0 Å². The minimum atomic E-state index is -0.107. The summed E-state index contributed by atoms with van der Waals surface area (Å²) in [7, 11) is 0. The van der Waals surface area contributed by atoms with Crippen molar-refractivity contribution in [3.05, 3.63) is 59.1 Å². The van der Waals surface area contributed by atoms with Gasteiger partial charge in [0.25, 0.3) is 0 Å². The molecular formula is C19H19ClN2O2S. The number of rotatable bonds is 5. The zero-order chi connectivity index (χ0) is 17.8. The molecule has 0 spiro atoms. The van der Waals surface area contributed by atoms with E-state index in [0.717, 1.165) is 16.1 Å². The first kappa shape index (κ1) is 17.8. The molecular weight excluding hydrogens is 356 g/mol. The fraction of sp³-hybridized carbons (Fsp3) is 0.263. The van der Waals surface area contributed by atoms with Crippen molar-refractivity contribution in [2.24, 2.45) is 0 Å². The zero-order valence-corrected chi connectivity index (χ0v) is 15.4. The van der Waals surface area contributed by atoms with Crippen LogP contribution < -0.4 is 10.2 Å². The van der Waals surface area contributed by atoms with E-state index >= 15 is 0 Å². The van der Waals surface area contributed by atoms with E-state index in [1.54, 1.807) is 28.8 Å². The lowest BCUT2D eigenvalue weighted by atomic mass is 10.1. The largest absolute Gasteiger partial charge is 0.350 e. The standard InChI is InChI=1S/C19H19ClN2O2S/c1-13(14-6-8-15(20)9-7-14)21-18(23)10-11-22-16-4-2-3-5-17(16)25-12-19(22)24/h2-9,13H,10-12H2,1H3,(H,21,23)/t13-/m1/s1. The van der Waals surface area contributed by atoms with Crippen LogP contribution in [0.3, 0.4) is 0 Å². The van der Waals surface area contributed by atoms with Gasteiger partial charge in [0.1, 0.15) is 0 Å². The molecule has 0 fully saturated rings. The van der Waals surface area contributed by atoms with E-state index in [1.165, 1.54) is 0 Å². The highest BCUT2D eigenvalue weighted by atomic mass is 35.5. The molecule has 2 aromatic carbocycles. The molecule has 1 atom stereocenters. The van der Waals surface area contributed by atoms with Crippen LogP contribution >= 0.6 is 23.4 Å². The molecule has 0 saturated carbocycles. The lowest BCUT2D eigenvalue weighted by Gasteiger charge is -2.28. The van der Waals surface area contributed by atoms with Gasteiger partial charge in [0, 0.05) is 22.9 Å². The van der Waals surface area contributed by atoms with Crippen LogP contribution in [0.15, 0.2) is 53.4 Å². The number of fused-ring (bicyclic) bond motifs is 1. The molecule has 0 saturated heterocycles. The van der Waals surface area contributed by atoms with Gasteiger partial charge < -0.3 is 10.2 Å². The van der Waals surface area contributed by atoms with E-state index in [1.807, 2.05) is 43.3 Å². The number of halogens is 1. The van der Waals surface area contributed by atoms with Gasteiger partial charge in [-0.3, -0.25) is 9.59 Å². The zero-order valence-electron chi connectivity index (χ0n) is 13.9. The maximum atomic E-state index is 12.3. The summed E-state index contributed by atoms with van der Waals surface area (Å²) in [4.78, 5) is 27.3. The number of anilines is 1. The summed E-state index contributed by atoms with van der Waals surface area (Å²) in [5.74, 6) is 0.382.